The Balaban J connectivity index is 0.00000320. The predicted molar refractivity (Wildman–Crippen MR) is 130 cm³/mol. The molecule has 162 valence electrons. The highest BCUT2D eigenvalue weighted by atomic mass is 127. The second kappa shape index (κ2) is 11.6. The second-order valence-electron chi connectivity index (χ2n) is 6.86. The average molecular weight is 524 g/mol. The fourth-order valence-corrected chi connectivity index (χ4v) is 3.22. The number of methoxy groups -OCH3 is 1. The number of hydrogen-bond acceptors (Lipinski definition) is 4. The summed E-state index contributed by atoms with van der Waals surface area (Å²) in [5, 5.41) is 16.5. The number of phenolic OH excluding ortho intramolecular Hbond substituents is 1. The molecule has 0 radical (unpaired) electrons. The van der Waals surface area contributed by atoms with E-state index in [0.29, 0.717) is 31.2 Å². The zero-order valence-electron chi connectivity index (χ0n) is 17.4. The van der Waals surface area contributed by atoms with E-state index in [9.17, 15) is 9.90 Å². The van der Waals surface area contributed by atoms with Crippen LogP contribution in [0.3, 0.4) is 0 Å². The zero-order chi connectivity index (χ0) is 20.6. The number of nitrogens with zero attached hydrogens (tertiary/aromatic N) is 2. The standard InChI is InChI=1S/C22H28N4O3.HI/c1-3-23-22(25-15-17-13-19(29-2)10-11-20(17)27)24-14-16-6-8-18(9-7-16)26-12-4-5-21(26)28;/h6-11,13,27H,3-5,12,14-15H2,1-2H3,(H2,23,24,25);1H. The fraction of sp³-hybridized carbons (Fsp3) is 0.364. The van der Waals surface area contributed by atoms with Crippen molar-refractivity contribution in [2.24, 2.45) is 4.99 Å². The summed E-state index contributed by atoms with van der Waals surface area (Å²) < 4.78 is 5.21. The Morgan fingerprint density at radius 2 is 1.97 bits per heavy atom. The lowest BCUT2D eigenvalue weighted by atomic mass is 10.2. The number of aliphatic imine (C=N–C) groups is 1. The highest BCUT2D eigenvalue weighted by molar-refractivity contribution is 14.0. The summed E-state index contributed by atoms with van der Waals surface area (Å²) >= 11 is 0. The number of hydrogen-bond donors (Lipinski definition) is 3. The van der Waals surface area contributed by atoms with Crippen LogP contribution in [0.2, 0.25) is 0 Å². The molecule has 0 aliphatic carbocycles. The maximum atomic E-state index is 11.9. The Bertz CT molecular complexity index is 871. The van der Waals surface area contributed by atoms with Gasteiger partial charge in [0.15, 0.2) is 5.96 Å². The van der Waals surface area contributed by atoms with Crippen molar-refractivity contribution in [3.63, 3.8) is 0 Å². The minimum absolute atomic E-state index is 0. The van der Waals surface area contributed by atoms with Gasteiger partial charge in [-0.05, 0) is 49.2 Å². The Morgan fingerprint density at radius 3 is 2.60 bits per heavy atom. The van der Waals surface area contributed by atoms with Crippen LogP contribution in [0.5, 0.6) is 11.5 Å². The number of guanidine groups is 1. The highest BCUT2D eigenvalue weighted by Gasteiger charge is 2.21. The first-order valence-corrected chi connectivity index (χ1v) is 9.88. The molecule has 2 aromatic carbocycles. The van der Waals surface area contributed by atoms with Gasteiger partial charge in [-0.15, -0.1) is 24.0 Å². The van der Waals surface area contributed by atoms with Crippen LogP contribution in [0, 0.1) is 0 Å². The molecule has 30 heavy (non-hydrogen) atoms. The van der Waals surface area contributed by atoms with Gasteiger partial charge in [0.1, 0.15) is 11.5 Å². The zero-order valence-corrected chi connectivity index (χ0v) is 19.7. The maximum absolute atomic E-state index is 11.9. The van der Waals surface area contributed by atoms with E-state index in [4.69, 9.17) is 4.74 Å². The molecular weight excluding hydrogens is 495 g/mol. The number of ether oxygens (including phenoxy) is 1. The Kier molecular flexibility index (Phi) is 9.22. The molecule has 0 unspecified atom stereocenters. The van der Waals surface area contributed by atoms with E-state index in [1.807, 2.05) is 36.1 Å². The predicted octanol–water partition coefficient (Wildman–Crippen LogP) is 3.40. The molecule has 0 spiro atoms. The monoisotopic (exact) mass is 524 g/mol. The normalized spacial score (nSPS) is 13.7. The number of phenols is 1. The van der Waals surface area contributed by atoms with Crippen LogP contribution in [-0.2, 0) is 17.9 Å². The number of rotatable bonds is 7. The maximum Gasteiger partial charge on any atom is 0.227 e. The van der Waals surface area contributed by atoms with Crippen molar-refractivity contribution < 1.29 is 14.6 Å². The van der Waals surface area contributed by atoms with E-state index in [1.165, 1.54) is 0 Å². The number of halogens is 1. The van der Waals surface area contributed by atoms with Crippen molar-refractivity contribution in [1.29, 1.82) is 0 Å². The van der Waals surface area contributed by atoms with Crippen LogP contribution in [0.25, 0.3) is 0 Å². The minimum Gasteiger partial charge on any atom is -0.508 e. The van der Waals surface area contributed by atoms with Crippen LogP contribution in [0.15, 0.2) is 47.5 Å². The van der Waals surface area contributed by atoms with Gasteiger partial charge in [0.05, 0.1) is 13.7 Å². The molecule has 1 heterocycles. The molecular formula is C22H29IN4O3. The van der Waals surface area contributed by atoms with Crippen molar-refractivity contribution >= 4 is 41.5 Å². The summed E-state index contributed by atoms with van der Waals surface area (Å²) in [4.78, 5) is 18.3. The van der Waals surface area contributed by atoms with E-state index < -0.39 is 0 Å². The fourth-order valence-electron chi connectivity index (χ4n) is 3.22. The molecule has 7 nitrogen and oxygen atoms in total. The van der Waals surface area contributed by atoms with Crippen molar-refractivity contribution in [2.75, 3.05) is 25.1 Å². The lowest BCUT2D eigenvalue weighted by molar-refractivity contribution is -0.117. The lowest BCUT2D eigenvalue weighted by Gasteiger charge is -2.16. The first-order valence-electron chi connectivity index (χ1n) is 9.88. The van der Waals surface area contributed by atoms with Gasteiger partial charge in [-0.3, -0.25) is 4.79 Å². The molecule has 0 bridgehead atoms. The van der Waals surface area contributed by atoms with Crippen LogP contribution in [0.4, 0.5) is 5.69 Å². The first-order chi connectivity index (χ1) is 14.1. The van der Waals surface area contributed by atoms with E-state index in [2.05, 4.69) is 15.6 Å². The summed E-state index contributed by atoms with van der Waals surface area (Å²) in [6.07, 6.45) is 1.55. The van der Waals surface area contributed by atoms with Gasteiger partial charge in [-0.2, -0.15) is 0 Å². The molecule has 8 heteroatoms. The topological polar surface area (TPSA) is 86.2 Å². The summed E-state index contributed by atoms with van der Waals surface area (Å²) in [7, 11) is 1.60. The molecule has 1 aliphatic rings. The minimum atomic E-state index is 0. The third kappa shape index (κ3) is 6.25. The van der Waals surface area contributed by atoms with E-state index in [-0.39, 0.29) is 35.6 Å². The number of benzene rings is 2. The SMILES string of the molecule is CCNC(=NCc1ccc(N2CCCC2=O)cc1)NCc1cc(OC)ccc1O.I. The second-order valence-corrected chi connectivity index (χ2v) is 6.86. The molecule has 3 rings (SSSR count). The van der Waals surface area contributed by atoms with Crippen LogP contribution < -0.4 is 20.3 Å². The molecule has 1 fully saturated rings. The molecule has 1 saturated heterocycles. The molecule has 2 aromatic rings. The Labute approximate surface area is 194 Å². The summed E-state index contributed by atoms with van der Waals surface area (Å²) in [5.41, 5.74) is 2.73. The van der Waals surface area contributed by atoms with Crippen molar-refractivity contribution in [3.05, 3.63) is 53.6 Å². The Hall–Kier alpha value is -2.49. The first kappa shape index (κ1) is 23.8. The third-order valence-corrected chi connectivity index (χ3v) is 4.82. The van der Waals surface area contributed by atoms with Gasteiger partial charge >= 0.3 is 0 Å². The van der Waals surface area contributed by atoms with Crippen molar-refractivity contribution in [2.45, 2.75) is 32.9 Å². The highest BCUT2D eigenvalue weighted by Crippen LogP contribution is 2.23. The van der Waals surface area contributed by atoms with Crippen LogP contribution in [-0.4, -0.2) is 37.2 Å². The van der Waals surface area contributed by atoms with Gasteiger partial charge in [0, 0.05) is 37.3 Å². The van der Waals surface area contributed by atoms with Gasteiger partial charge in [0.2, 0.25) is 5.91 Å². The summed E-state index contributed by atoms with van der Waals surface area (Å²) in [5.74, 6) is 1.75. The number of carbonyl (C=O) groups excluding carboxylic acids is 1. The molecule has 3 N–H and O–H groups in total. The smallest absolute Gasteiger partial charge is 0.227 e. The molecule has 1 amide bonds. The van der Waals surface area contributed by atoms with Gasteiger partial charge in [-0.1, -0.05) is 12.1 Å². The van der Waals surface area contributed by atoms with Crippen molar-refractivity contribution in [1.82, 2.24) is 10.6 Å². The largest absolute Gasteiger partial charge is 0.508 e. The number of carbonyl (C=O) groups is 1. The van der Waals surface area contributed by atoms with Crippen LogP contribution >= 0.6 is 24.0 Å². The van der Waals surface area contributed by atoms with Gasteiger partial charge in [0.25, 0.3) is 0 Å². The van der Waals surface area contributed by atoms with Crippen LogP contribution in [0.1, 0.15) is 30.9 Å². The average Bonchev–Trinajstić information content (AvgIpc) is 3.17. The van der Waals surface area contributed by atoms with Gasteiger partial charge in [-0.25, -0.2) is 4.99 Å². The quantitative estimate of drug-likeness (QED) is 0.294. The van der Waals surface area contributed by atoms with E-state index in [1.54, 1.807) is 25.3 Å². The Morgan fingerprint density at radius 1 is 1.20 bits per heavy atom. The van der Waals surface area contributed by atoms with Crippen molar-refractivity contribution in [3.8, 4) is 11.5 Å². The number of anilines is 1. The molecule has 0 saturated carbocycles. The summed E-state index contributed by atoms with van der Waals surface area (Å²) in [6, 6.07) is 13.1. The molecule has 1 aliphatic heterocycles. The summed E-state index contributed by atoms with van der Waals surface area (Å²) in [6.45, 7) is 4.45. The van der Waals surface area contributed by atoms with E-state index >= 15 is 0 Å². The number of amides is 1. The number of aromatic hydroxyl groups is 1. The number of nitrogens with one attached hydrogen (secondary N) is 2. The molecule has 0 atom stereocenters. The lowest BCUT2D eigenvalue weighted by Crippen LogP contribution is -2.36. The molecule has 0 aromatic heterocycles. The third-order valence-electron chi connectivity index (χ3n) is 4.82. The van der Waals surface area contributed by atoms with E-state index in [0.717, 1.165) is 36.3 Å². The van der Waals surface area contributed by atoms with Gasteiger partial charge < -0.3 is 25.4 Å².